The van der Waals surface area contributed by atoms with E-state index in [9.17, 15) is 18.4 Å². The van der Waals surface area contributed by atoms with Gasteiger partial charge in [0.05, 0.1) is 28.9 Å². The average molecular weight is 484 g/mol. The van der Waals surface area contributed by atoms with Crippen molar-refractivity contribution in [1.29, 1.82) is 0 Å². The van der Waals surface area contributed by atoms with Crippen LogP contribution in [0.25, 0.3) is 10.7 Å². The van der Waals surface area contributed by atoms with Crippen molar-refractivity contribution in [1.82, 2.24) is 14.5 Å². The number of halogens is 2. The van der Waals surface area contributed by atoms with Crippen LogP contribution in [0.4, 0.5) is 19.6 Å². The summed E-state index contributed by atoms with van der Waals surface area (Å²) in [5.74, 6) is -0.222. The second-order valence-corrected chi connectivity index (χ2v) is 8.05. The molecule has 174 valence electrons. The Bertz CT molecular complexity index is 1330. The fraction of sp³-hybridized carbons (Fsp3) is 0.130. The van der Waals surface area contributed by atoms with Gasteiger partial charge < -0.3 is 10.1 Å². The van der Waals surface area contributed by atoms with Crippen molar-refractivity contribution >= 4 is 34.0 Å². The number of alkyl halides is 2. The summed E-state index contributed by atoms with van der Waals surface area (Å²) in [4.78, 5) is 34.3. The van der Waals surface area contributed by atoms with Gasteiger partial charge in [-0.05, 0) is 43.3 Å². The maximum Gasteiger partial charge on any atom is 0.320 e. The van der Waals surface area contributed by atoms with Gasteiger partial charge in [-0.15, -0.1) is 0 Å². The highest BCUT2D eigenvalue weighted by Gasteiger charge is 2.21. The maximum atomic E-state index is 13.2. The molecule has 0 fully saturated rings. The molecule has 4 rings (SSSR count). The van der Waals surface area contributed by atoms with Crippen molar-refractivity contribution in [2.75, 3.05) is 17.7 Å². The monoisotopic (exact) mass is 483 g/mol. The molecule has 11 heteroatoms. The molecular formula is C23H19F2N5O3S. The predicted molar refractivity (Wildman–Crippen MR) is 125 cm³/mol. The van der Waals surface area contributed by atoms with E-state index in [0.717, 1.165) is 15.9 Å². The van der Waals surface area contributed by atoms with Gasteiger partial charge in [-0.1, -0.05) is 23.5 Å². The first kappa shape index (κ1) is 23.1. The first-order valence-corrected chi connectivity index (χ1v) is 10.8. The van der Waals surface area contributed by atoms with Gasteiger partial charge in [0.15, 0.2) is 11.0 Å². The van der Waals surface area contributed by atoms with Crippen molar-refractivity contribution in [2.45, 2.75) is 13.5 Å². The lowest BCUT2D eigenvalue weighted by atomic mass is 10.1. The van der Waals surface area contributed by atoms with Gasteiger partial charge in [0.25, 0.3) is 11.8 Å². The average Bonchev–Trinajstić information content (AvgIpc) is 3.45. The molecule has 0 saturated carbocycles. The summed E-state index contributed by atoms with van der Waals surface area (Å²) in [5.41, 5.74) is 1.37. The molecule has 2 aromatic carbocycles. The highest BCUT2D eigenvalue weighted by Crippen LogP contribution is 2.34. The molecule has 0 aliphatic carbocycles. The quantitative estimate of drug-likeness (QED) is 0.375. The van der Waals surface area contributed by atoms with Crippen LogP contribution in [-0.2, 0) is 0 Å². The van der Waals surface area contributed by atoms with Gasteiger partial charge in [-0.2, -0.15) is 8.78 Å². The molecule has 8 nitrogen and oxygen atoms in total. The molecule has 34 heavy (non-hydrogen) atoms. The fourth-order valence-corrected chi connectivity index (χ4v) is 4.16. The number of methoxy groups -OCH3 is 1. The number of rotatable bonds is 7. The molecule has 0 aliphatic heterocycles. The topological polar surface area (TPSA) is 98.1 Å². The first-order valence-electron chi connectivity index (χ1n) is 10.0. The molecule has 0 aliphatic rings. The van der Waals surface area contributed by atoms with Gasteiger partial charge in [-0.3, -0.25) is 19.5 Å². The largest absolute Gasteiger partial charge is 0.497 e. The zero-order valence-electron chi connectivity index (χ0n) is 18.1. The third-order valence-corrected chi connectivity index (χ3v) is 5.94. The summed E-state index contributed by atoms with van der Waals surface area (Å²) in [7, 11) is 1.53. The summed E-state index contributed by atoms with van der Waals surface area (Å²) in [6.45, 7) is -1.10. The SMILES string of the molecule is COc1ccc(C(=O)Nc2ccccc2C(=O)Nc2nc(C)c(-c3nccn3C(F)F)s2)cc1. The third-order valence-electron chi connectivity index (χ3n) is 4.87. The van der Waals surface area contributed by atoms with Crippen LogP contribution in [0.15, 0.2) is 60.9 Å². The Morgan fingerprint density at radius 2 is 1.79 bits per heavy atom. The number of hydrogen-bond acceptors (Lipinski definition) is 6. The second kappa shape index (κ2) is 9.79. The summed E-state index contributed by atoms with van der Waals surface area (Å²) in [6, 6.07) is 13.1. The summed E-state index contributed by atoms with van der Waals surface area (Å²) < 4.78 is 32.3. The summed E-state index contributed by atoms with van der Waals surface area (Å²) in [6.07, 6.45) is 2.46. The number of ether oxygens (including phenoxy) is 1. The van der Waals surface area contributed by atoms with E-state index < -0.39 is 18.4 Å². The predicted octanol–water partition coefficient (Wildman–Crippen LogP) is 5.22. The molecule has 0 bridgehead atoms. The zero-order chi connectivity index (χ0) is 24.2. The number of benzene rings is 2. The van der Waals surface area contributed by atoms with Crippen LogP contribution in [-0.4, -0.2) is 33.5 Å². The van der Waals surface area contributed by atoms with E-state index in [4.69, 9.17) is 4.74 Å². The number of para-hydroxylation sites is 1. The van der Waals surface area contributed by atoms with Crippen LogP contribution in [0.1, 0.15) is 33.0 Å². The number of aryl methyl sites for hydroxylation is 1. The number of hydrogen-bond donors (Lipinski definition) is 2. The number of imidazole rings is 1. The Morgan fingerprint density at radius 3 is 2.50 bits per heavy atom. The number of nitrogens with one attached hydrogen (secondary N) is 2. The number of thiazole rings is 1. The van der Waals surface area contributed by atoms with Crippen molar-refractivity contribution in [3.63, 3.8) is 0 Å². The fourth-order valence-electron chi connectivity index (χ4n) is 3.20. The first-order chi connectivity index (χ1) is 16.4. The Morgan fingerprint density at radius 1 is 1.06 bits per heavy atom. The maximum absolute atomic E-state index is 13.2. The molecule has 0 atom stereocenters. The Hall–Kier alpha value is -4.12. The van der Waals surface area contributed by atoms with E-state index in [1.165, 1.54) is 19.5 Å². The van der Waals surface area contributed by atoms with Crippen LogP contribution < -0.4 is 15.4 Å². The molecule has 2 amide bonds. The molecule has 0 unspecified atom stereocenters. The lowest BCUT2D eigenvalue weighted by Crippen LogP contribution is -2.18. The van der Waals surface area contributed by atoms with Crippen LogP contribution in [0.3, 0.4) is 0 Å². The number of nitrogens with zero attached hydrogens (tertiary/aromatic N) is 3. The second-order valence-electron chi connectivity index (χ2n) is 7.05. The molecular weight excluding hydrogens is 464 g/mol. The van der Waals surface area contributed by atoms with Crippen LogP contribution in [0, 0.1) is 6.92 Å². The minimum Gasteiger partial charge on any atom is -0.497 e. The normalized spacial score (nSPS) is 10.9. The Labute approximate surface area is 197 Å². The van der Waals surface area contributed by atoms with Gasteiger partial charge in [0.1, 0.15) is 5.75 Å². The van der Waals surface area contributed by atoms with Crippen molar-refractivity contribution < 1.29 is 23.1 Å². The highest BCUT2D eigenvalue weighted by atomic mass is 32.1. The van der Waals surface area contributed by atoms with Gasteiger partial charge in [0, 0.05) is 18.0 Å². The van der Waals surface area contributed by atoms with Gasteiger partial charge >= 0.3 is 6.55 Å². The van der Waals surface area contributed by atoms with Crippen molar-refractivity contribution in [3.8, 4) is 16.5 Å². The number of anilines is 2. The molecule has 0 saturated heterocycles. The summed E-state index contributed by atoms with van der Waals surface area (Å²) in [5, 5.41) is 5.63. The van der Waals surface area contributed by atoms with Crippen LogP contribution in [0.2, 0.25) is 0 Å². The molecule has 0 spiro atoms. The lowest BCUT2D eigenvalue weighted by Gasteiger charge is -2.11. The molecule has 2 N–H and O–H groups in total. The smallest absolute Gasteiger partial charge is 0.320 e. The molecule has 4 aromatic rings. The van der Waals surface area contributed by atoms with E-state index in [2.05, 4.69) is 20.6 Å². The highest BCUT2D eigenvalue weighted by molar-refractivity contribution is 7.19. The zero-order valence-corrected chi connectivity index (χ0v) is 18.9. The minimum atomic E-state index is -2.75. The number of amides is 2. The van der Waals surface area contributed by atoms with Crippen molar-refractivity contribution in [2.24, 2.45) is 0 Å². The molecule has 2 aromatic heterocycles. The number of carbonyl (C=O) groups is 2. The molecule has 0 radical (unpaired) electrons. The van der Waals surface area contributed by atoms with E-state index >= 15 is 0 Å². The van der Waals surface area contributed by atoms with Crippen LogP contribution >= 0.6 is 11.3 Å². The van der Waals surface area contributed by atoms with E-state index in [-0.39, 0.29) is 16.5 Å². The van der Waals surface area contributed by atoms with E-state index in [0.29, 0.717) is 27.6 Å². The summed E-state index contributed by atoms with van der Waals surface area (Å²) >= 11 is 1.03. The third kappa shape index (κ3) is 4.79. The van der Waals surface area contributed by atoms with Crippen LogP contribution in [0.5, 0.6) is 5.75 Å². The van der Waals surface area contributed by atoms with Crippen molar-refractivity contribution in [3.05, 3.63) is 77.7 Å². The molecule has 2 heterocycles. The number of carbonyl (C=O) groups excluding carboxylic acids is 2. The van der Waals surface area contributed by atoms with Gasteiger partial charge in [-0.25, -0.2) is 9.97 Å². The van der Waals surface area contributed by atoms with E-state index in [1.54, 1.807) is 55.5 Å². The minimum absolute atomic E-state index is 0.0673. The number of aromatic nitrogens is 3. The van der Waals surface area contributed by atoms with Gasteiger partial charge in [0.2, 0.25) is 0 Å². The van der Waals surface area contributed by atoms with E-state index in [1.807, 2.05) is 0 Å². The lowest BCUT2D eigenvalue weighted by molar-refractivity contribution is 0.0720. The Kier molecular flexibility index (Phi) is 6.64. The standard InChI is InChI=1S/C23H19F2N5O3S/c1-13-18(19-26-11-12-30(19)22(24)25)34-23(27-13)29-21(32)16-5-3-4-6-17(16)28-20(31)14-7-9-15(33-2)10-8-14/h3-12,22H,1-2H3,(H,28,31)(H,27,29,32). The Balaban J connectivity index is 1.53.